The van der Waals surface area contributed by atoms with Gasteiger partial charge in [-0.1, -0.05) is 55.9 Å². The van der Waals surface area contributed by atoms with Gasteiger partial charge in [0.15, 0.2) is 5.82 Å². The second-order valence-corrected chi connectivity index (χ2v) is 8.02. The predicted octanol–water partition coefficient (Wildman–Crippen LogP) is 2.98. The number of thioether (sulfide) groups is 1. The van der Waals surface area contributed by atoms with E-state index >= 15 is 0 Å². The fourth-order valence-electron chi connectivity index (χ4n) is 2.66. The van der Waals surface area contributed by atoms with Gasteiger partial charge in [0.1, 0.15) is 24.7 Å². The molecule has 3 rings (SSSR count). The van der Waals surface area contributed by atoms with Crippen LogP contribution in [0, 0.1) is 0 Å². The number of nitrogens with zero attached hydrogens (tertiary/aromatic N) is 3. The van der Waals surface area contributed by atoms with Gasteiger partial charge in [-0.3, -0.25) is 4.79 Å². The van der Waals surface area contributed by atoms with E-state index in [9.17, 15) is 4.79 Å². The number of benzene rings is 2. The van der Waals surface area contributed by atoms with Gasteiger partial charge >= 0.3 is 0 Å². The van der Waals surface area contributed by atoms with Crippen LogP contribution in [0.25, 0.3) is 0 Å². The third kappa shape index (κ3) is 6.92. The molecule has 164 valence electrons. The van der Waals surface area contributed by atoms with Gasteiger partial charge in [-0.25, -0.2) is 4.68 Å². The van der Waals surface area contributed by atoms with Crippen molar-refractivity contribution in [2.75, 3.05) is 24.7 Å². The standard InChI is InChI=1S/C22H27N5O3S/c1-16(2)17-8-10-19(11-9-17)30-14-20-25-26-22(27(20)23)31-15-21(28)24-12-13-29-18-6-4-3-5-7-18/h3-11,16H,12-15,23H2,1-2H3,(H,24,28). The van der Waals surface area contributed by atoms with Crippen LogP contribution in [-0.4, -0.2) is 39.7 Å². The van der Waals surface area contributed by atoms with Gasteiger partial charge < -0.3 is 20.6 Å². The maximum atomic E-state index is 12.0. The van der Waals surface area contributed by atoms with Crippen molar-refractivity contribution in [1.82, 2.24) is 20.2 Å². The van der Waals surface area contributed by atoms with Gasteiger partial charge in [0.2, 0.25) is 11.1 Å². The van der Waals surface area contributed by atoms with E-state index in [4.69, 9.17) is 15.3 Å². The van der Waals surface area contributed by atoms with E-state index in [-0.39, 0.29) is 18.3 Å². The van der Waals surface area contributed by atoms with Crippen LogP contribution in [0.1, 0.15) is 31.2 Å². The first-order valence-corrected chi connectivity index (χ1v) is 11.0. The van der Waals surface area contributed by atoms with Gasteiger partial charge in [-0.05, 0) is 35.7 Å². The predicted molar refractivity (Wildman–Crippen MR) is 121 cm³/mol. The molecule has 3 N–H and O–H groups in total. The molecule has 0 fully saturated rings. The molecule has 0 aliphatic heterocycles. The van der Waals surface area contributed by atoms with Crippen molar-refractivity contribution >= 4 is 17.7 Å². The lowest BCUT2D eigenvalue weighted by Gasteiger charge is -2.09. The Balaban J connectivity index is 1.38. The van der Waals surface area contributed by atoms with Gasteiger partial charge in [-0.2, -0.15) is 0 Å². The molecule has 2 aromatic carbocycles. The largest absolute Gasteiger partial charge is 0.492 e. The quantitative estimate of drug-likeness (QED) is 0.268. The van der Waals surface area contributed by atoms with Crippen molar-refractivity contribution < 1.29 is 14.3 Å². The average Bonchev–Trinajstić information content (AvgIpc) is 3.14. The summed E-state index contributed by atoms with van der Waals surface area (Å²) in [5, 5.41) is 11.3. The Morgan fingerprint density at radius 2 is 1.77 bits per heavy atom. The summed E-state index contributed by atoms with van der Waals surface area (Å²) in [7, 11) is 0. The molecule has 0 aliphatic rings. The number of aromatic nitrogens is 3. The summed E-state index contributed by atoms with van der Waals surface area (Å²) in [4.78, 5) is 12.0. The monoisotopic (exact) mass is 441 g/mol. The van der Waals surface area contributed by atoms with Gasteiger partial charge in [-0.15, -0.1) is 10.2 Å². The van der Waals surface area contributed by atoms with Gasteiger partial charge in [0.25, 0.3) is 0 Å². The number of hydrogen-bond donors (Lipinski definition) is 2. The molecule has 3 aromatic rings. The Hall–Kier alpha value is -3.20. The Morgan fingerprint density at radius 3 is 2.48 bits per heavy atom. The number of carbonyl (C=O) groups excluding carboxylic acids is 1. The van der Waals surface area contributed by atoms with E-state index in [2.05, 4.69) is 29.4 Å². The molecule has 0 saturated heterocycles. The number of rotatable bonds is 11. The number of nitrogen functional groups attached to an aromatic ring is 1. The average molecular weight is 442 g/mol. The highest BCUT2D eigenvalue weighted by atomic mass is 32.2. The van der Waals surface area contributed by atoms with Crippen LogP contribution < -0.4 is 20.6 Å². The molecule has 0 aliphatic carbocycles. The second-order valence-electron chi connectivity index (χ2n) is 7.08. The van der Waals surface area contributed by atoms with Crippen LogP contribution in [0.3, 0.4) is 0 Å². The summed E-state index contributed by atoms with van der Waals surface area (Å²) in [6.45, 7) is 5.29. The summed E-state index contributed by atoms with van der Waals surface area (Å²) in [6, 6.07) is 17.4. The highest BCUT2D eigenvalue weighted by molar-refractivity contribution is 7.99. The molecule has 0 unspecified atom stereocenters. The molecule has 1 heterocycles. The Labute approximate surface area is 186 Å². The molecule has 0 bridgehead atoms. The van der Waals surface area contributed by atoms with Crippen LogP contribution in [0.4, 0.5) is 0 Å². The van der Waals surface area contributed by atoms with Crippen molar-refractivity contribution in [2.45, 2.75) is 31.5 Å². The number of amides is 1. The number of nitrogens with two attached hydrogens (primary N) is 1. The van der Waals surface area contributed by atoms with Crippen LogP contribution in [0.15, 0.2) is 59.8 Å². The van der Waals surface area contributed by atoms with Crippen LogP contribution >= 0.6 is 11.8 Å². The first-order chi connectivity index (χ1) is 15.0. The van der Waals surface area contributed by atoms with Crippen molar-refractivity contribution in [1.29, 1.82) is 0 Å². The third-order valence-corrected chi connectivity index (χ3v) is 5.36. The summed E-state index contributed by atoms with van der Waals surface area (Å²) in [5.41, 5.74) is 1.25. The summed E-state index contributed by atoms with van der Waals surface area (Å²) >= 11 is 1.21. The first kappa shape index (κ1) is 22.5. The smallest absolute Gasteiger partial charge is 0.230 e. The van der Waals surface area contributed by atoms with Gasteiger partial charge in [0, 0.05) is 0 Å². The van der Waals surface area contributed by atoms with Crippen LogP contribution in [-0.2, 0) is 11.4 Å². The topological polar surface area (TPSA) is 104 Å². The van der Waals surface area contributed by atoms with E-state index in [0.717, 1.165) is 11.5 Å². The highest BCUT2D eigenvalue weighted by Gasteiger charge is 2.13. The van der Waals surface area contributed by atoms with Crippen molar-refractivity contribution in [3.05, 3.63) is 66.0 Å². The summed E-state index contributed by atoms with van der Waals surface area (Å²) < 4.78 is 12.6. The lowest BCUT2D eigenvalue weighted by molar-refractivity contribution is -0.118. The van der Waals surface area contributed by atoms with E-state index in [1.165, 1.54) is 22.0 Å². The van der Waals surface area contributed by atoms with E-state index in [1.54, 1.807) is 0 Å². The molecule has 9 heteroatoms. The van der Waals surface area contributed by atoms with Crippen LogP contribution in [0.2, 0.25) is 0 Å². The van der Waals surface area contributed by atoms with Crippen molar-refractivity contribution in [2.24, 2.45) is 0 Å². The molecule has 31 heavy (non-hydrogen) atoms. The molecule has 8 nitrogen and oxygen atoms in total. The Morgan fingerprint density at radius 1 is 1.06 bits per heavy atom. The molecule has 0 spiro atoms. The molecule has 0 atom stereocenters. The number of hydrogen-bond acceptors (Lipinski definition) is 7. The minimum Gasteiger partial charge on any atom is -0.492 e. The first-order valence-electron chi connectivity index (χ1n) is 10.0. The number of para-hydroxylation sites is 1. The number of nitrogens with one attached hydrogen (secondary N) is 1. The normalized spacial score (nSPS) is 10.8. The zero-order valence-electron chi connectivity index (χ0n) is 17.7. The van der Waals surface area contributed by atoms with E-state index in [1.807, 2.05) is 54.6 Å². The van der Waals surface area contributed by atoms with Crippen molar-refractivity contribution in [3.63, 3.8) is 0 Å². The zero-order chi connectivity index (χ0) is 22.1. The lowest BCUT2D eigenvalue weighted by atomic mass is 10.0. The summed E-state index contributed by atoms with van der Waals surface area (Å²) in [5.74, 6) is 8.54. The SMILES string of the molecule is CC(C)c1ccc(OCc2nnc(SCC(=O)NCCOc3ccccc3)n2N)cc1. The maximum Gasteiger partial charge on any atom is 0.230 e. The fourth-order valence-corrected chi connectivity index (χ4v) is 3.36. The molecule has 1 aromatic heterocycles. The Bertz CT molecular complexity index is 961. The molecular formula is C22H27N5O3S. The minimum atomic E-state index is -0.132. The molecule has 0 saturated carbocycles. The highest BCUT2D eigenvalue weighted by Crippen LogP contribution is 2.20. The second kappa shape index (κ2) is 11.3. The summed E-state index contributed by atoms with van der Waals surface area (Å²) in [6.07, 6.45) is 0. The molecule has 1 amide bonds. The van der Waals surface area contributed by atoms with E-state index < -0.39 is 0 Å². The molecular weight excluding hydrogens is 414 g/mol. The minimum absolute atomic E-state index is 0.132. The maximum absolute atomic E-state index is 12.0. The zero-order valence-corrected chi connectivity index (χ0v) is 18.5. The fraction of sp³-hybridized carbons (Fsp3) is 0.318. The number of ether oxygens (including phenoxy) is 2. The van der Waals surface area contributed by atoms with Gasteiger partial charge in [0.05, 0.1) is 12.3 Å². The lowest BCUT2D eigenvalue weighted by Crippen LogP contribution is -2.29. The Kier molecular flexibility index (Phi) is 8.17. The van der Waals surface area contributed by atoms with Crippen LogP contribution in [0.5, 0.6) is 11.5 Å². The molecule has 0 radical (unpaired) electrons. The van der Waals surface area contributed by atoms with Crippen molar-refractivity contribution in [3.8, 4) is 11.5 Å². The number of carbonyl (C=O) groups is 1. The third-order valence-electron chi connectivity index (χ3n) is 4.42. The van der Waals surface area contributed by atoms with E-state index in [0.29, 0.717) is 30.1 Å².